The van der Waals surface area contributed by atoms with Crippen LogP contribution in [0.4, 0.5) is 4.79 Å². The molecular formula is C10H11ClN2O4S. The van der Waals surface area contributed by atoms with Gasteiger partial charge in [-0.25, -0.2) is 17.9 Å². The molecule has 0 bridgehead atoms. The quantitative estimate of drug-likeness (QED) is 0.525. The third-order valence-electron chi connectivity index (χ3n) is 1.65. The molecule has 18 heavy (non-hydrogen) atoms. The fourth-order valence-corrected chi connectivity index (χ4v) is 1.93. The van der Waals surface area contributed by atoms with Crippen LogP contribution in [0.25, 0.3) is 0 Å². The molecule has 1 aromatic rings. The summed E-state index contributed by atoms with van der Waals surface area (Å²) in [5.74, 6) is 0. The Morgan fingerprint density at radius 1 is 1.28 bits per heavy atom. The minimum atomic E-state index is -3.98. The number of benzene rings is 1. The van der Waals surface area contributed by atoms with Crippen molar-refractivity contribution in [2.45, 2.75) is 18.7 Å². The van der Waals surface area contributed by atoms with E-state index in [1.807, 2.05) is 0 Å². The lowest BCUT2D eigenvalue weighted by Crippen LogP contribution is -2.30. The first-order chi connectivity index (χ1) is 8.31. The SMILES string of the molecule is CC(C)=NOC(=O)NS(=O)(=O)c1ccc(Cl)cc1. The lowest BCUT2D eigenvalue weighted by molar-refractivity contribution is 0.157. The van der Waals surface area contributed by atoms with Gasteiger partial charge in [-0.15, -0.1) is 0 Å². The van der Waals surface area contributed by atoms with E-state index < -0.39 is 16.1 Å². The fourth-order valence-electron chi connectivity index (χ4n) is 0.934. The molecule has 0 radical (unpaired) electrons. The topological polar surface area (TPSA) is 84.8 Å². The first kappa shape index (κ1) is 14.5. The zero-order chi connectivity index (χ0) is 13.8. The Hall–Kier alpha value is -1.60. The number of hydrogen-bond donors (Lipinski definition) is 1. The summed E-state index contributed by atoms with van der Waals surface area (Å²) in [6.07, 6.45) is -1.17. The highest BCUT2D eigenvalue weighted by molar-refractivity contribution is 7.90. The number of amides is 1. The van der Waals surface area contributed by atoms with Gasteiger partial charge in [-0.3, -0.25) is 4.84 Å². The summed E-state index contributed by atoms with van der Waals surface area (Å²) in [6, 6.07) is 5.34. The highest BCUT2D eigenvalue weighted by Crippen LogP contribution is 2.13. The predicted octanol–water partition coefficient (Wildman–Crippen LogP) is 2.15. The van der Waals surface area contributed by atoms with Crippen molar-refractivity contribution in [3.63, 3.8) is 0 Å². The third-order valence-corrected chi connectivity index (χ3v) is 3.23. The number of oxime groups is 1. The summed E-state index contributed by atoms with van der Waals surface area (Å²) >= 11 is 5.63. The zero-order valence-electron chi connectivity index (χ0n) is 9.68. The molecule has 0 spiro atoms. The first-order valence-corrected chi connectivity index (χ1v) is 6.68. The number of hydrogen-bond acceptors (Lipinski definition) is 5. The molecule has 0 saturated heterocycles. The van der Waals surface area contributed by atoms with Gasteiger partial charge in [0.25, 0.3) is 10.0 Å². The van der Waals surface area contributed by atoms with E-state index in [1.165, 1.54) is 24.3 Å². The molecule has 1 rings (SSSR count). The van der Waals surface area contributed by atoms with Crippen LogP contribution < -0.4 is 4.72 Å². The van der Waals surface area contributed by atoms with E-state index in [-0.39, 0.29) is 4.90 Å². The number of carbonyl (C=O) groups is 1. The van der Waals surface area contributed by atoms with Crippen LogP contribution >= 0.6 is 11.6 Å². The molecule has 1 amide bonds. The minimum absolute atomic E-state index is 0.0962. The van der Waals surface area contributed by atoms with Gasteiger partial charge in [0.05, 0.1) is 10.6 Å². The van der Waals surface area contributed by atoms with Gasteiger partial charge < -0.3 is 0 Å². The van der Waals surface area contributed by atoms with E-state index in [9.17, 15) is 13.2 Å². The normalized spacial score (nSPS) is 10.6. The van der Waals surface area contributed by atoms with Crippen molar-refractivity contribution in [1.82, 2.24) is 4.72 Å². The summed E-state index contributed by atoms with van der Waals surface area (Å²) in [6.45, 7) is 3.20. The Morgan fingerprint density at radius 3 is 2.33 bits per heavy atom. The molecule has 8 heteroatoms. The molecule has 0 atom stereocenters. The van der Waals surface area contributed by atoms with Crippen LogP contribution in [0, 0.1) is 0 Å². The average molecular weight is 291 g/mol. The second-order valence-corrected chi connectivity index (χ2v) is 5.60. The second-order valence-electron chi connectivity index (χ2n) is 3.48. The monoisotopic (exact) mass is 290 g/mol. The summed E-state index contributed by atoms with van der Waals surface area (Å²) in [5, 5.41) is 3.73. The van der Waals surface area contributed by atoms with Gasteiger partial charge >= 0.3 is 6.09 Å². The van der Waals surface area contributed by atoms with Crippen LogP contribution in [0.3, 0.4) is 0 Å². The first-order valence-electron chi connectivity index (χ1n) is 4.82. The molecule has 0 aliphatic rings. The standard InChI is InChI=1S/C10H11ClN2O4S/c1-7(2)12-17-10(14)13-18(15,16)9-5-3-8(11)4-6-9/h3-6H,1-2H3,(H,13,14). The summed E-state index contributed by atoms with van der Waals surface area (Å²) in [5.41, 5.74) is 0.481. The number of nitrogens with zero attached hydrogens (tertiary/aromatic N) is 1. The molecule has 1 aromatic carbocycles. The van der Waals surface area contributed by atoms with Gasteiger partial charge in [0, 0.05) is 5.02 Å². The van der Waals surface area contributed by atoms with Crippen LogP contribution in [0.2, 0.25) is 5.02 Å². The van der Waals surface area contributed by atoms with E-state index in [2.05, 4.69) is 9.99 Å². The molecule has 0 saturated carbocycles. The summed E-state index contributed by atoms with van der Waals surface area (Å²) in [4.78, 5) is 15.4. The molecular weight excluding hydrogens is 280 g/mol. The van der Waals surface area contributed by atoms with Crippen molar-refractivity contribution in [2.75, 3.05) is 0 Å². The fraction of sp³-hybridized carbons (Fsp3) is 0.200. The molecule has 98 valence electrons. The molecule has 0 aromatic heterocycles. The van der Waals surface area contributed by atoms with Crippen molar-refractivity contribution in [1.29, 1.82) is 0 Å². The molecule has 1 N–H and O–H groups in total. The molecule has 0 fully saturated rings. The molecule has 0 aliphatic carbocycles. The molecule has 0 unspecified atom stereocenters. The van der Waals surface area contributed by atoms with E-state index in [0.717, 1.165) is 0 Å². The number of carbonyl (C=O) groups excluding carboxylic acids is 1. The van der Waals surface area contributed by atoms with Gasteiger partial charge in [0.2, 0.25) is 0 Å². The Morgan fingerprint density at radius 2 is 1.83 bits per heavy atom. The van der Waals surface area contributed by atoms with Crippen molar-refractivity contribution in [3.8, 4) is 0 Å². The molecule has 0 heterocycles. The number of halogens is 1. The number of nitrogens with one attached hydrogen (secondary N) is 1. The summed E-state index contributed by atoms with van der Waals surface area (Å²) < 4.78 is 25.1. The molecule has 6 nitrogen and oxygen atoms in total. The smallest absolute Gasteiger partial charge is 0.297 e. The van der Waals surface area contributed by atoms with Crippen molar-refractivity contribution < 1.29 is 18.0 Å². The van der Waals surface area contributed by atoms with Crippen molar-refractivity contribution in [2.24, 2.45) is 5.16 Å². The third kappa shape index (κ3) is 4.34. The van der Waals surface area contributed by atoms with Crippen LogP contribution in [0.5, 0.6) is 0 Å². The minimum Gasteiger partial charge on any atom is -0.297 e. The average Bonchev–Trinajstić information content (AvgIpc) is 2.26. The lowest BCUT2D eigenvalue weighted by atomic mass is 10.4. The Kier molecular flexibility index (Phi) is 4.69. The van der Waals surface area contributed by atoms with Gasteiger partial charge in [-0.2, -0.15) is 0 Å². The second kappa shape index (κ2) is 5.83. The Bertz CT molecular complexity index is 562. The predicted molar refractivity (Wildman–Crippen MR) is 67.0 cm³/mol. The number of sulfonamides is 1. The van der Waals surface area contributed by atoms with Gasteiger partial charge in [-0.05, 0) is 38.1 Å². The van der Waals surface area contributed by atoms with E-state index >= 15 is 0 Å². The Balaban J connectivity index is 2.79. The van der Waals surface area contributed by atoms with Crippen LogP contribution in [0.15, 0.2) is 34.3 Å². The van der Waals surface area contributed by atoms with Gasteiger partial charge in [-0.1, -0.05) is 16.8 Å². The van der Waals surface area contributed by atoms with Crippen molar-refractivity contribution in [3.05, 3.63) is 29.3 Å². The van der Waals surface area contributed by atoms with Crippen molar-refractivity contribution >= 4 is 33.4 Å². The maximum Gasteiger partial charge on any atom is 0.447 e. The largest absolute Gasteiger partial charge is 0.447 e. The van der Waals surface area contributed by atoms with E-state index in [0.29, 0.717) is 10.7 Å². The van der Waals surface area contributed by atoms with Gasteiger partial charge in [0.1, 0.15) is 0 Å². The highest BCUT2D eigenvalue weighted by Gasteiger charge is 2.18. The van der Waals surface area contributed by atoms with Gasteiger partial charge in [0.15, 0.2) is 0 Å². The van der Waals surface area contributed by atoms with Crippen LogP contribution in [0.1, 0.15) is 13.8 Å². The van der Waals surface area contributed by atoms with Crippen LogP contribution in [-0.2, 0) is 14.9 Å². The summed E-state index contributed by atoms with van der Waals surface area (Å²) in [7, 11) is -3.98. The highest BCUT2D eigenvalue weighted by atomic mass is 35.5. The van der Waals surface area contributed by atoms with E-state index in [1.54, 1.807) is 18.6 Å². The Labute approximate surface area is 110 Å². The number of rotatable bonds is 3. The maximum atomic E-state index is 11.7. The van der Waals surface area contributed by atoms with E-state index in [4.69, 9.17) is 11.6 Å². The molecule has 0 aliphatic heterocycles. The zero-order valence-corrected chi connectivity index (χ0v) is 11.2. The maximum absolute atomic E-state index is 11.7. The van der Waals surface area contributed by atoms with Crippen LogP contribution in [-0.4, -0.2) is 20.2 Å². The lowest BCUT2D eigenvalue weighted by Gasteiger charge is -2.04.